The summed E-state index contributed by atoms with van der Waals surface area (Å²) in [5.41, 5.74) is 2.25. The number of hydrogen-bond acceptors (Lipinski definition) is 3. The van der Waals surface area contributed by atoms with E-state index < -0.39 is 0 Å². The monoisotopic (exact) mass is 252 g/mol. The molecule has 1 aromatic heterocycles. The molecule has 94 valence electrons. The van der Waals surface area contributed by atoms with Crippen LogP contribution in [0.3, 0.4) is 0 Å². The van der Waals surface area contributed by atoms with E-state index >= 15 is 0 Å². The molecule has 0 spiro atoms. The number of hydrogen-bond donors (Lipinski definition) is 0. The summed E-state index contributed by atoms with van der Waals surface area (Å²) in [6.07, 6.45) is 8.03. The van der Waals surface area contributed by atoms with Gasteiger partial charge in [-0.25, -0.2) is 0 Å². The zero-order valence-corrected chi connectivity index (χ0v) is 11.4. The van der Waals surface area contributed by atoms with Crippen LogP contribution >= 0.6 is 11.3 Å². The molecule has 1 aromatic rings. The van der Waals surface area contributed by atoms with Crippen LogP contribution in [0, 0.1) is 0 Å². The maximum Gasteiger partial charge on any atom is 0.160 e. The van der Waals surface area contributed by atoms with Gasteiger partial charge in [-0.3, -0.25) is 9.59 Å². The van der Waals surface area contributed by atoms with Crippen LogP contribution in [0.5, 0.6) is 0 Å². The van der Waals surface area contributed by atoms with Crippen LogP contribution in [0.25, 0.3) is 0 Å². The fourth-order valence-corrected chi connectivity index (χ4v) is 3.01. The molecule has 0 aromatic carbocycles. The molecule has 0 aliphatic heterocycles. The zero-order valence-electron chi connectivity index (χ0n) is 10.6. The number of rotatable bonds is 8. The van der Waals surface area contributed by atoms with Crippen LogP contribution in [0.1, 0.15) is 70.0 Å². The van der Waals surface area contributed by atoms with Gasteiger partial charge >= 0.3 is 0 Å². The standard InChI is InChI=1S/C14H20O2S/c1-3-5-7-11-12(8-6-4-2)14(10-16)17-13(11)9-15/h9-10H,3-8H2,1-2H3. The van der Waals surface area contributed by atoms with Crippen LogP contribution in [-0.2, 0) is 12.8 Å². The van der Waals surface area contributed by atoms with Crippen molar-refractivity contribution in [2.45, 2.75) is 52.4 Å². The lowest BCUT2D eigenvalue weighted by atomic mass is 9.99. The van der Waals surface area contributed by atoms with Crippen molar-refractivity contribution in [1.82, 2.24) is 0 Å². The third-order valence-electron chi connectivity index (χ3n) is 2.95. The molecule has 0 bridgehead atoms. The van der Waals surface area contributed by atoms with E-state index in [0.717, 1.165) is 72.0 Å². The van der Waals surface area contributed by atoms with Crippen molar-refractivity contribution in [3.8, 4) is 0 Å². The fraction of sp³-hybridized carbons (Fsp3) is 0.571. The predicted molar refractivity (Wildman–Crippen MR) is 72.3 cm³/mol. The zero-order chi connectivity index (χ0) is 12.7. The summed E-state index contributed by atoms with van der Waals surface area (Å²) in [6.45, 7) is 4.28. The first kappa shape index (κ1) is 14.1. The normalized spacial score (nSPS) is 10.5. The van der Waals surface area contributed by atoms with Crippen LogP contribution < -0.4 is 0 Å². The smallest absolute Gasteiger partial charge is 0.160 e. The Kier molecular flexibility index (Phi) is 6.12. The maximum atomic E-state index is 11.0. The Bertz CT molecular complexity index is 345. The summed E-state index contributed by atoms with van der Waals surface area (Å²) < 4.78 is 0. The van der Waals surface area contributed by atoms with Crippen LogP contribution in [0.4, 0.5) is 0 Å². The van der Waals surface area contributed by atoms with Crippen molar-refractivity contribution < 1.29 is 9.59 Å². The van der Waals surface area contributed by atoms with Crippen molar-refractivity contribution in [3.05, 3.63) is 20.9 Å². The first-order valence-corrected chi connectivity index (χ1v) is 7.14. The van der Waals surface area contributed by atoms with Gasteiger partial charge in [0.05, 0.1) is 9.75 Å². The summed E-state index contributed by atoms with van der Waals surface area (Å²) in [6, 6.07) is 0. The second-order valence-electron chi connectivity index (χ2n) is 4.23. The molecule has 0 N–H and O–H groups in total. The molecule has 0 atom stereocenters. The lowest BCUT2D eigenvalue weighted by Crippen LogP contribution is -1.96. The van der Waals surface area contributed by atoms with E-state index in [4.69, 9.17) is 0 Å². The van der Waals surface area contributed by atoms with Gasteiger partial charge in [-0.2, -0.15) is 0 Å². The molecule has 0 fully saturated rings. The van der Waals surface area contributed by atoms with Gasteiger partial charge in [-0.15, -0.1) is 11.3 Å². The third kappa shape index (κ3) is 3.50. The fourth-order valence-electron chi connectivity index (χ4n) is 1.98. The molecule has 0 aliphatic carbocycles. The van der Waals surface area contributed by atoms with E-state index in [1.807, 2.05) is 0 Å². The van der Waals surface area contributed by atoms with Gasteiger partial charge < -0.3 is 0 Å². The highest BCUT2D eigenvalue weighted by Crippen LogP contribution is 2.29. The van der Waals surface area contributed by atoms with Crippen molar-refractivity contribution in [3.63, 3.8) is 0 Å². The molecule has 0 saturated carbocycles. The SMILES string of the molecule is CCCCc1c(C=O)sc(C=O)c1CCCC. The molecule has 3 heteroatoms. The number of unbranched alkanes of at least 4 members (excludes halogenated alkanes) is 2. The Balaban J connectivity index is 3.05. The molecule has 0 saturated heterocycles. The van der Waals surface area contributed by atoms with Crippen molar-refractivity contribution in [2.75, 3.05) is 0 Å². The summed E-state index contributed by atoms with van der Waals surface area (Å²) in [5.74, 6) is 0. The van der Waals surface area contributed by atoms with Crippen molar-refractivity contribution in [1.29, 1.82) is 0 Å². The van der Waals surface area contributed by atoms with Crippen molar-refractivity contribution >= 4 is 23.9 Å². The maximum absolute atomic E-state index is 11.0. The third-order valence-corrected chi connectivity index (χ3v) is 4.08. The average Bonchev–Trinajstić information content (AvgIpc) is 2.70. The molecular weight excluding hydrogens is 232 g/mol. The van der Waals surface area contributed by atoms with E-state index in [0.29, 0.717) is 0 Å². The lowest BCUT2D eigenvalue weighted by molar-refractivity contribution is 0.111. The van der Waals surface area contributed by atoms with Crippen molar-refractivity contribution in [2.24, 2.45) is 0 Å². The second kappa shape index (κ2) is 7.38. The van der Waals surface area contributed by atoms with Crippen LogP contribution in [0.2, 0.25) is 0 Å². The summed E-state index contributed by atoms with van der Waals surface area (Å²) in [5, 5.41) is 0. The molecule has 0 unspecified atom stereocenters. The first-order valence-electron chi connectivity index (χ1n) is 6.33. The van der Waals surface area contributed by atoms with Gasteiger partial charge in [0, 0.05) is 0 Å². The summed E-state index contributed by atoms with van der Waals surface area (Å²) in [7, 11) is 0. The van der Waals surface area contributed by atoms with Crippen LogP contribution in [-0.4, -0.2) is 12.6 Å². The molecule has 0 amide bonds. The highest BCUT2D eigenvalue weighted by atomic mass is 32.1. The number of carbonyl (C=O) groups is 2. The molecule has 2 nitrogen and oxygen atoms in total. The molecular formula is C14H20O2S. The molecule has 0 aliphatic rings. The van der Waals surface area contributed by atoms with Gasteiger partial charge in [0.1, 0.15) is 0 Å². The number of carbonyl (C=O) groups excluding carboxylic acids is 2. The van der Waals surface area contributed by atoms with E-state index in [1.165, 1.54) is 11.3 Å². The Morgan fingerprint density at radius 3 is 1.59 bits per heavy atom. The van der Waals surface area contributed by atoms with Crippen LogP contribution in [0.15, 0.2) is 0 Å². The van der Waals surface area contributed by atoms with Gasteiger partial charge in [0.2, 0.25) is 0 Å². The highest BCUT2D eigenvalue weighted by Gasteiger charge is 2.16. The number of aldehydes is 2. The van der Waals surface area contributed by atoms with E-state index in [-0.39, 0.29) is 0 Å². The Labute approximate surface area is 107 Å². The molecule has 1 rings (SSSR count). The van der Waals surface area contributed by atoms with Gasteiger partial charge in [-0.1, -0.05) is 26.7 Å². The minimum atomic E-state index is 0.756. The number of thiophene rings is 1. The molecule has 17 heavy (non-hydrogen) atoms. The molecule has 1 heterocycles. The highest BCUT2D eigenvalue weighted by molar-refractivity contribution is 7.15. The van der Waals surface area contributed by atoms with Gasteiger partial charge in [-0.05, 0) is 36.8 Å². The lowest BCUT2D eigenvalue weighted by Gasteiger charge is -2.05. The topological polar surface area (TPSA) is 34.1 Å². The van der Waals surface area contributed by atoms with E-state index in [9.17, 15) is 9.59 Å². The second-order valence-corrected chi connectivity index (χ2v) is 5.31. The first-order chi connectivity index (χ1) is 8.28. The Morgan fingerprint density at radius 2 is 1.29 bits per heavy atom. The quantitative estimate of drug-likeness (QED) is 0.654. The summed E-state index contributed by atoms with van der Waals surface area (Å²) in [4.78, 5) is 23.6. The largest absolute Gasteiger partial charge is 0.297 e. The minimum Gasteiger partial charge on any atom is -0.297 e. The average molecular weight is 252 g/mol. The van der Waals surface area contributed by atoms with Gasteiger partial charge in [0.25, 0.3) is 0 Å². The summed E-state index contributed by atoms with van der Waals surface area (Å²) >= 11 is 1.35. The minimum absolute atomic E-state index is 0.756. The Morgan fingerprint density at radius 1 is 0.882 bits per heavy atom. The van der Waals surface area contributed by atoms with E-state index in [2.05, 4.69) is 13.8 Å². The van der Waals surface area contributed by atoms with E-state index in [1.54, 1.807) is 0 Å². The Hall–Kier alpha value is -0.960. The van der Waals surface area contributed by atoms with Gasteiger partial charge in [0.15, 0.2) is 12.6 Å². The predicted octanol–water partition coefficient (Wildman–Crippen LogP) is 4.06. The molecule has 0 radical (unpaired) electrons.